The highest BCUT2D eigenvalue weighted by atomic mass is 79.9. The second kappa shape index (κ2) is 4.99. The molecule has 1 N–H and O–H groups in total. The molecule has 1 rings (SSSR count). The second-order valence-corrected chi connectivity index (χ2v) is 4.45. The van der Waals surface area contributed by atoms with Crippen molar-refractivity contribution < 1.29 is 5.11 Å². The fourth-order valence-corrected chi connectivity index (χ4v) is 1.72. The van der Waals surface area contributed by atoms with Gasteiger partial charge in [0.05, 0.1) is 6.10 Å². The first-order valence-corrected chi connectivity index (χ1v) is 5.38. The lowest BCUT2D eigenvalue weighted by molar-refractivity contribution is 0.185. The minimum atomic E-state index is -0.268. The Bertz CT molecular complexity index is 286. The number of benzene rings is 1. The Morgan fingerprint density at radius 3 is 2.85 bits per heavy atom. The quantitative estimate of drug-likeness (QED) is 0.886. The van der Waals surface area contributed by atoms with Crippen molar-refractivity contribution >= 4 is 27.5 Å². The maximum Gasteiger partial charge on any atom is 0.0515 e. The van der Waals surface area contributed by atoms with Crippen LogP contribution in [0.25, 0.3) is 0 Å². The van der Waals surface area contributed by atoms with Crippen molar-refractivity contribution in [1.82, 2.24) is 0 Å². The van der Waals surface area contributed by atoms with Crippen LogP contribution in [-0.2, 0) is 6.42 Å². The van der Waals surface area contributed by atoms with Crippen LogP contribution in [0.15, 0.2) is 22.7 Å². The molecule has 1 atom stereocenters. The van der Waals surface area contributed by atoms with Gasteiger partial charge in [0.1, 0.15) is 0 Å². The first-order chi connectivity index (χ1) is 6.09. The van der Waals surface area contributed by atoms with Gasteiger partial charge in [-0.05, 0) is 43.5 Å². The molecule has 0 aliphatic rings. The average Bonchev–Trinajstić information content (AvgIpc) is 2.06. The highest BCUT2D eigenvalue weighted by molar-refractivity contribution is 9.10. The third kappa shape index (κ3) is 3.67. The zero-order valence-corrected chi connectivity index (χ0v) is 9.77. The third-order valence-electron chi connectivity index (χ3n) is 1.84. The van der Waals surface area contributed by atoms with Gasteiger partial charge in [-0.2, -0.15) is 0 Å². The van der Waals surface area contributed by atoms with Gasteiger partial charge in [-0.3, -0.25) is 0 Å². The van der Waals surface area contributed by atoms with Crippen molar-refractivity contribution in [3.05, 3.63) is 33.3 Å². The summed E-state index contributed by atoms with van der Waals surface area (Å²) in [7, 11) is 0. The molecule has 13 heavy (non-hydrogen) atoms. The van der Waals surface area contributed by atoms with Crippen LogP contribution in [0, 0.1) is 0 Å². The molecule has 0 aliphatic heterocycles. The molecule has 0 heterocycles. The molecule has 1 aromatic rings. The number of aliphatic hydroxyl groups is 1. The average molecular weight is 264 g/mol. The summed E-state index contributed by atoms with van der Waals surface area (Å²) < 4.78 is 1.03. The molecule has 0 unspecified atom stereocenters. The van der Waals surface area contributed by atoms with E-state index in [9.17, 15) is 0 Å². The van der Waals surface area contributed by atoms with E-state index in [1.807, 2.05) is 18.2 Å². The Hall–Kier alpha value is -0.0500. The largest absolute Gasteiger partial charge is 0.393 e. The van der Waals surface area contributed by atoms with Crippen LogP contribution >= 0.6 is 27.5 Å². The van der Waals surface area contributed by atoms with Gasteiger partial charge in [0, 0.05) is 9.50 Å². The first-order valence-electron chi connectivity index (χ1n) is 4.21. The van der Waals surface area contributed by atoms with Crippen molar-refractivity contribution in [2.45, 2.75) is 25.9 Å². The summed E-state index contributed by atoms with van der Waals surface area (Å²) in [5.74, 6) is 0. The molecular formula is C10H12BrClO. The molecule has 1 nitrogen and oxygen atoms in total. The normalized spacial score (nSPS) is 12.9. The van der Waals surface area contributed by atoms with E-state index in [4.69, 9.17) is 16.7 Å². The molecule has 3 heteroatoms. The van der Waals surface area contributed by atoms with Gasteiger partial charge in [-0.25, -0.2) is 0 Å². The zero-order chi connectivity index (χ0) is 9.84. The summed E-state index contributed by atoms with van der Waals surface area (Å²) in [6, 6.07) is 5.77. The maximum atomic E-state index is 9.12. The lowest BCUT2D eigenvalue weighted by atomic mass is 10.1. The van der Waals surface area contributed by atoms with Gasteiger partial charge in [-0.15, -0.1) is 0 Å². The van der Waals surface area contributed by atoms with Crippen LogP contribution in [0.5, 0.6) is 0 Å². The summed E-state index contributed by atoms with van der Waals surface area (Å²) in [5.41, 5.74) is 1.08. The van der Waals surface area contributed by atoms with Gasteiger partial charge >= 0.3 is 0 Å². The number of rotatable bonds is 3. The van der Waals surface area contributed by atoms with Crippen molar-refractivity contribution in [2.24, 2.45) is 0 Å². The molecule has 0 aromatic heterocycles. The summed E-state index contributed by atoms with van der Waals surface area (Å²) in [5, 5.41) is 9.89. The van der Waals surface area contributed by atoms with E-state index in [1.165, 1.54) is 0 Å². The SMILES string of the molecule is C[C@@H](O)CCc1cc(Br)ccc1Cl. The smallest absolute Gasteiger partial charge is 0.0515 e. The minimum absolute atomic E-state index is 0.268. The van der Waals surface area contributed by atoms with Gasteiger partial charge in [0.25, 0.3) is 0 Å². The Morgan fingerprint density at radius 1 is 1.54 bits per heavy atom. The van der Waals surface area contributed by atoms with Crippen LogP contribution in [-0.4, -0.2) is 11.2 Å². The van der Waals surface area contributed by atoms with Crippen LogP contribution in [0.1, 0.15) is 18.9 Å². The van der Waals surface area contributed by atoms with Crippen LogP contribution < -0.4 is 0 Å². The maximum absolute atomic E-state index is 9.12. The monoisotopic (exact) mass is 262 g/mol. The fourth-order valence-electron chi connectivity index (χ4n) is 1.10. The Balaban J connectivity index is 2.70. The summed E-state index contributed by atoms with van der Waals surface area (Å²) in [6.45, 7) is 1.78. The number of aliphatic hydroxyl groups excluding tert-OH is 1. The van der Waals surface area contributed by atoms with Crippen molar-refractivity contribution in [3.8, 4) is 0 Å². The Morgan fingerprint density at radius 2 is 2.23 bits per heavy atom. The molecule has 0 spiro atoms. The van der Waals surface area contributed by atoms with E-state index >= 15 is 0 Å². The van der Waals surface area contributed by atoms with Crippen molar-refractivity contribution in [3.63, 3.8) is 0 Å². The molecular weight excluding hydrogens is 251 g/mol. The highest BCUT2D eigenvalue weighted by Gasteiger charge is 2.03. The molecule has 0 bridgehead atoms. The highest BCUT2D eigenvalue weighted by Crippen LogP contribution is 2.22. The minimum Gasteiger partial charge on any atom is -0.393 e. The molecule has 0 saturated carbocycles. The Labute approximate surface area is 91.9 Å². The van der Waals surface area contributed by atoms with Crippen LogP contribution in [0.3, 0.4) is 0 Å². The van der Waals surface area contributed by atoms with Crippen LogP contribution in [0.4, 0.5) is 0 Å². The lowest BCUT2D eigenvalue weighted by Crippen LogP contribution is -2.01. The zero-order valence-electron chi connectivity index (χ0n) is 7.43. The van der Waals surface area contributed by atoms with E-state index in [-0.39, 0.29) is 6.10 Å². The molecule has 0 saturated heterocycles. The standard InChI is InChI=1S/C10H12BrClO/c1-7(13)2-3-8-6-9(11)4-5-10(8)12/h4-7,13H,2-3H2,1H3/t7-/m1/s1. The molecule has 72 valence electrons. The number of aryl methyl sites for hydroxylation is 1. The van der Waals surface area contributed by atoms with E-state index in [0.29, 0.717) is 0 Å². The van der Waals surface area contributed by atoms with E-state index in [0.717, 1.165) is 27.9 Å². The number of hydrogen-bond acceptors (Lipinski definition) is 1. The number of hydrogen-bond donors (Lipinski definition) is 1. The van der Waals surface area contributed by atoms with Gasteiger partial charge in [-0.1, -0.05) is 27.5 Å². The predicted octanol–water partition coefficient (Wildman–Crippen LogP) is 3.42. The van der Waals surface area contributed by atoms with Gasteiger partial charge in [0.2, 0.25) is 0 Å². The van der Waals surface area contributed by atoms with Crippen molar-refractivity contribution in [1.29, 1.82) is 0 Å². The third-order valence-corrected chi connectivity index (χ3v) is 2.70. The van der Waals surface area contributed by atoms with E-state index in [2.05, 4.69) is 15.9 Å². The van der Waals surface area contributed by atoms with Crippen molar-refractivity contribution in [2.75, 3.05) is 0 Å². The second-order valence-electron chi connectivity index (χ2n) is 3.12. The fraction of sp³-hybridized carbons (Fsp3) is 0.400. The van der Waals surface area contributed by atoms with E-state index in [1.54, 1.807) is 6.92 Å². The van der Waals surface area contributed by atoms with Gasteiger partial charge < -0.3 is 5.11 Å². The topological polar surface area (TPSA) is 20.2 Å². The first kappa shape index (κ1) is 11.0. The molecule has 0 fully saturated rings. The lowest BCUT2D eigenvalue weighted by Gasteiger charge is -2.06. The Kier molecular flexibility index (Phi) is 4.23. The predicted molar refractivity (Wildman–Crippen MR) is 59.2 cm³/mol. The molecule has 0 radical (unpaired) electrons. The summed E-state index contributed by atoms with van der Waals surface area (Å²) in [4.78, 5) is 0. The van der Waals surface area contributed by atoms with E-state index < -0.39 is 0 Å². The van der Waals surface area contributed by atoms with Crippen LogP contribution in [0.2, 0.25) is 5.02 Å². The molecule has 1 aromatic carbocycles. The summed E-state index contributed by atoms with van der Waals surface area (Å²) in [6.07, 6.45) is 1.29. The summed E-state index contributed by atoms with van der Waals surface area (Å²) >= 11 is 9.36. The molecule has 0 aliphatic carbocycles. The number of halogens is 2. The van der Waals surface area contributed by atoms with Gasteiger partial charge in [0.15, 0.2) is 0 Å². The molecule has 0 amide bonds.